The van der Waals surface area contributed by atoms with E-state index >= 15 is 0 Å². The van der Waals surface area contributed by atoms with Crippen molar-refractivity contribution in [3.05, 3.63) is 125 Å². The van der Waals surface area contributed by atoms with E-state index in [0.29, 0.717) is 43.7 Å². The van der Waals surface area contributed by atoms with E-state index in [0.717, 1.165) is 22.3 Å². The van der Waals surface area contributed by atoms with Gasteiger partial charge in [0, 0.05) is 49.4 Å². The summed E-state index contributed by atoms with van der Waals surface area (Å²) in [5.41, 5.74) is 3.73. The molecule has 6 rings (SSSR count). The second kappa shape index (κ2) is 16.2. The first-order valence-electron chi connectivity index (χ1n) is 17.8. The van der Waals surface area contributed by atoms with E-state index < -0.39 is 11.4 Å². The summed E-state index contributed by atoms with van der Waals surface area (Å²) in [6.07, 6.45) is 3.45. The number of pyridine rings is 1. The van der Waals surface area contributed by atoms with Gasteiger partial charge in [0.1, 0.15) is 12.4 Å². The summed E-state index contributed by atoms with van der Waals surface area (Å²) in [5.74, 6) is -1.96. The number of hydrogen-bond donors (Lipinski definition) is 4. The van der Waals surface area contributed by atoms with Gasteiger partial charge in [-0.1, -0.05) is 55.5 Å². The van der Waals surface area contributed by atoms with Crippen molar-refractivity contribution in [3.63, 3.8) is 0 Å². The lowest BCUT2D eigenvalue weighted by molar-refractivity contribution is -0.146. The number of aromatic carboxylic acids is 1. The molecule has 1 atom stereocenters. The van der Waals surface area contributed by atoms with Gasteiger partial charge in [-0.2, -0.15) is 0 Å². The summed E-state index contributed by atoms with van der Waals surface area (Å²) in [6, 6.07) is 24.9. The lowest BCUT2D eigenvalue weighted by Gasteiger charge is -2.41. The van der Waals surface area contributed by atoms with Gasteiger partial charge in [-0.05, 0) is 91.4 Å². The van der Waals surface area contributed by atoms with E-state index in [2.05, 4.69) is 20.9 Å². The molecular formula is C41H44N6O6. The van der Waals surface area contributed by atoms with Crippen molar-refractivity contribution in [2.45, 2.75) is 45.7 Å². The van der Waals surface area contributed by atoms with Crippen LogP contribution in [0.25, 0.3) is 0 Å². The first-order chi connectivity index (χ1) is 25.5. The number of piperidine rings is 1. The van der Waals surface area contributed by atoms with E-state index in [1.165, 1.54) is 12.1 Å². The average molecular weight is 717 g/mol. The van der Waals surface area contributed by atoms with Crippen molar-refractivity contribution in [3.8, 4) is 0 Å². The molecule has 2 aliphatic rings. The minimum absolute atomic E-state index is 0.0615. The summed E-state index contributed by atoms with van der Waals surface area (Å²) in [7, 11) is 1.85. The van der Waals surface area contributed by atoms with Crippen molar-refractivity contribution < 1.29 is 29.1 Å². The summed E-state index contributed by atoms with van der Waals surface area (Å²) in [6.45, 7) is 3.01. The summed E-state index contributed by atoms with van der Waals surface area (Å²) in [4.78, 5) is 73.6. The fourth-order valence-corrected chi connectivity index (χ4v) is 7.23. The van der Waals surface area contributed by atoms with Crippen LogP contribution in [0.1, 0.15) is 62.7 Å². The first-order valence-corrected chi connectivity index (χ1v) is 17.8. The Bertz CT molecular complexity index is 2010. The van der Waals surface area contributed by atoms with E-state index in [4.69, 9.17) is 0 Å². The van der Waals surface area contributed by atoms with Crippen LogP contribution in [-0.2, 0) is 40.3 Å². The molecule has 0 spiro atoms. The molecule has 1 aromatic heterocycles. The van der Waals surface area contributed by atoms with Crippen molar-refractivity contribution in [2.75, 3.05) is 37.3 Å². The van der Waals surface area contributed by atoms with Crippen LogP contribution < -0.4 is 16.0 Å². The number of anilines is 2. The number of benzene rings is 3. The van der Waals surface area contributed by atoms with Gasteiger partial charge in [0.05, 0.1) is 11.1 Å². The highest BCUT2D eigenvalue weighted by Gasteiger charge is 2.41. The molecule has 1 aliphatic carbocycles. The number of carboxylic acids is 1. The predicted octanol–water partition coefficient (Wildman–Crippen LogP) is 4.76. The third-order valence-electron chi connectivity index (χ3n) is 10.2. The highest BCUT2D eigenvalue weighted by atomic mass is 16.4. The van der Waals surface area contributed by atoms with E-state index in [9.17, 15) is 29.1 Å². The fourth-order valence-electron chi connectivity index (χ4n) is 7.23. The summed E-state index contributed by atoms with van der Waals surface area (Å²) < 4.78 is 0. The van der Waals surface area contributed by atoms with Gasteiger partial charge in [-0.25, -0.2) is 9.78 Å². The Kier molecular flexibility index (Phi) is 11.3. The zero-order chi connectivity index (χ0) is 37.5. The molecule has 0 unspecified atom stereocenters. The standard InChI is InChI=1S/C41H44N6O6/c1-41(16-19-46(20-17-41)38(50)33-11-5-6-12-34(33)39(51)52)40(53)47(25-29-10-4-3-9-28(29)24-42-2)26-36(48)44-32-15-14-27-21-31(22-30(27)23-32)37(49)45-35-13-7-8-18-43-35/h3-15,18,23,31,42H,16-17,19-22,24-26H2,1-2H3,(H,44,48)(H,51,52)(H,43,45,49)/t31-/m1/s1. The van der Waals surface area contributed by atoms with Crippen LogP contribution in [0.2, 0.25) is 0 Å². The third kappa shape index (κ3) is 8.61. The number of likely N-dealkylation sites (tertiary alicyclic amines) is 1. The van der Waals surface area contributed by atoms with Crippen molar-refractivity contribution in [1.29, 1.82) is 0 Å². The average Bonchev–Trinajstić information content (AvgIpc) is 3.59. The molecule has 12 nitrogen and oxygen atoms in total. The Hall–Kier alpha value is -5.88. The van der Waals surface area contributed by atoms with Crippen molar-refractivity contribution in [2.24, 2.45) is 11.3 Å². The minimum atomic E-state index is -1.17. The van der Waals surface area contributed by atoms with Gasteiger partial charge in [-0.15, -0.1) is 0 Å². The number of fused-ring (bicyclic) bond motifs is 1. The highest BCUT2D eigenvalue weighted by molar-refractivity contribution is 6.05. The fraction of sp³-hybridized carbons (Fsp3) is 0.317. The van der Waals surface area contributed by atoms with Gasteiger partial charge in [0.15, 0.2) is 0 Å². The van der Waals surface area contributed by atoms with Crippen molar-refractivity contribution >= 4 is 41.1 Å². The number of aromatic nitrogens is 1. The molecule has 1 saturated heterocycles. The van der Waals surface area contributed by atoms with Crippen LogP contribution >= 0.6 is 0 Å². The largest absolute Gasteiger partial charge is 0.478 e. The normalized spacial score (nSPS) is 16.0. The molecule has 0 saturated carbocycles. The number of nitrogens with zero attached hydrogens (tertiary/aromatic N) is 3. The number of nitrogens with one attached hydrogen (secondary N) is 3. The molecule has 1 fully saturated rings. The summed E-state index contributed by atoms with van der Waals surface area (Å²) in [5, 5.41) is 18.6. The number of rotatable bonds is 12. The molecule has 2 heterocycles. The molecule has 53 heavy (non-hydrogen) atoms. The van der Waals surface area contributed by atoms with Gasteiger partial charge in [0.2, 0.25) is 17.7 Å². The van der Waals surface area contributed by atoms with Crippen LogP contribution in [0, 0.1) is 11.3 Å². The molecule has 12 heteroatoms. The van der Waals surface area contributed by atoms with Gasteiger partial charge in [0.25, 0.3) is 5.91 Å². The molecule has 0 radical (unpaired) electrons. The minimum Gasteiger partial charge on any atom is -0.478 e. The number of hydrogen-bond acceptors (Lipinski definition) is 7. The smallest absolute Gasteiger partial charge is 0.336 e. The van der Waals surface area contributed by atoms with Gasteiger partial charge < -0.3 is 30.9 Å². The molecular weight excluding hydrogens is 672 g/mol. The Morgan fingerprint density at radius 1 is 0.849 bits per heavy atom. The Balaban J connectivity index is 1.14. The van der Waals surface area contributed by atoms with Crippen LogP contribution in [-0.4, -0.2) is 76.2 Å². The van der Waals surface area contributed by atoms with Crippen LogP contribution in [0.15, 0.2) is 91.1 Å². The zero-order valence-electron chi connectivity index (χ0n) is 29.9. The lowest BCUT2D eigenvalue weighted by atomic mass is 9.78. The maximum absolute atomic E-state index is 14.5. The summed E-state index contributed by atoms with van der Waals surface area (Å²) >= 11 is 0. The monoisotopic (exact) mass is 716 g/mol. The Morgan fingerprint density at radius 2 is 1.53 bits per heavy atom. The topological polar surface area (TPSA) is 161 Å². The van der Waals surface area contributed by atoms with Crippen molar-refractivity contribution in [1.82, 2.24) is 20.1 Å². The molecule has 0 bridgehead atoms. The highest BCUT2D eigenvalue weighted by Crippen LogP contribution is 2.35. The Morgan fingerprint density at radius 3 is 2.23 bits per heavy atom. The maximum atomic E-state index is 14.5. The molecule has 4 amide bonds. The van der Waals surface area contributed by atoms with E-state index in [1.807, 2.05) is 62.5 Å². The first kappa shape index (κ1) is 36.9. The zero-order valence-corrected chi connectivity index (χ0v) is 29.9. The number of carboxylic acid groups (broad SMARTS) is 1. The molecule has 3 aromatic carbocycles. The van der Waals surface area contributed by atoms with E-state index in [-0.39, 0.29) is 66.9 Å². The third-order valence-corrected chi connectivity index (χ3v) is 10.2. The molecule has 4 N–H and O–H groups in total. The maximum Gasteiger partial charge on any atom is 0.336 e. The Labute approximate surface area is 308 Å². The number of carbonyl (C=O) groups excluding carboxylic acids is 4. The second-order valence-corrected chi connectivity index (χ2v) is 14.0. The quantitative estimate of drug-likeness (QED) is 0.163. The lowest BCUT2D eigenvalue weighted by Crippen LogP contribution is -2.51. The van der Waals surface area contributed by atoms with Crippen LogP contribution in [0.5, 0.6) is 0 Å². The number of amides is 4. The second-order valence-electron chi connectivity index (χ2n) is 14.0. The molecule has 274 valence electrons. The molecule has 1 aliphatic heterocycles. The van der Waals surface area contributed by atoms with Crippen LogP contribution in [0.3, 0.4) is 0 Å². The predicted molar refractivity (Wildman–Crippen MR) is 200 cm³/mol. The van der Waals surface area contributed by atoms with Crippen LogP contribution in [0.4, 0.5) is 11.5 Å². The van der Waals surface area contributed by atoms with Gasteiger partial charge >= 0.3 is 5.97 Å². The molecule has 4 aromatic rings. The SMILES string of the molecule is CNCc1ccccc1CN(CC(=O)Nc1ccc2c(c1)C[C@H](C(=O)Nc1ccccn1)C2)C(=O)C1(C)CCN(C(=O)c2ccccc2C(=O)O)CC1. The number of carbonyl (C=O) groups is 5. The van der Waals surface area contributed by atoms with Gasteiger partial charge in [-0.3, -0.25) is 19.2 Å². The van der Waals surface area contributed by atoms with E-state index in [1.54, 1.807) is 40.3 Å².